The topological polar surface area (TPSA) is 46.5 Å². The van der Waals surface area contributed by atoms with E-state index in [-0.39, 0.29) is 10.6 Å². The highest BCUT2D eigenvalue weighted by Crippen LogP contribution is 2.31. The second-order valence-electron chi connectivity index (χ2n) is 3.77. The maximum Gasteiger partial charge on any atom is 0.341 e. The Morgan fingerprint density at radius 3 is 2.69 bits per heavy atom. The van der Waals surface area contributed by atoms with Crippen LogP contribution >= 0.6 is 27.5 Å². The van der Waals surface area contributed by atoms with Crippen LogP contribution in [0.15, 0.2) is 16.6 Å². The standard InChI is InChI=1S/C11H12BrClO3/c1-6(2)5-16-9-4-7(12)3-8(13)10(9)11(14)15/h3-4,6H,5H2,1-2H3,(H,14,15). The first-order valence-corrected chi connectivity index (χ1v) is 5.94. The van der Waals surface area contributed by atoms with E-state index in [0.29, 0.717) is 22.7 Å². The molecular weight excluding hydrogens is 295 g/mol. The van der Waals surface area contributed by atoms with Crippen molar-refractivity contribution in [1.29, 1.82) is 0 Å². The summed E-state index contributed by atoms with van der Waals surface area (Å²) in [6.45, 7) is 4.42. The highest BCUT2D eigenvalue weighted by atomic mass is 79.9. The van der Waals surface area contributed by atoms with Gasteiger partial charge in [0, 0.05) is 4.47 Å². The van der Waals surface area contributed by atoms with E-state index in [1.165, 1.54) is 6.07 Å². The second-order valence-corrected chi connectivity index (χ2v) is 5.09. The first kappa shape index (κ1) is 13.3. The summed E-state index contributed by atoms with van der Waals surface area (Å²) in [4.78, 5) is 11.0. The number of benzene rings is 1. The molecule has 0 aliphatic carbocycles. The minimum absolute atomic E-state index is 0.00511. The maximum absolute atomic E-state index is 11.0. The monoisotopic (exact) mass is 306 g/mol. The average Bonchev–Trinajstić information content (AvgIpc) is 2.12. The molecule has 0 amide bonds. The van der Waals surface area contributed by atoms with E-state index in [0.717, 1.165) is 0 Å². The minimum atomic E-state index is -1.09. The molecule has 0 aliphatic rings. The summed E-state index contributed by atoms with van der Waals surface area (Å²) in [5.41, 5.74) is 0.00511. The first-order valence-electron chi connectivity index (χ1n) is 4.77. The second kappa shape index (κ2) is 5.55. The molecule has 0 fully saturated rings. The summed E-state index contributed by atoms with van der Waals surface area (Å²) in [6.07, 6.45) is 0. The third kappa shape index (κ3) is 3.39. The molecule has 0 aliphatic heterocycles. The maximum atomic E-state index is 11.0. The van der Waals surface area contributed by atoms with Gasteiger partial charge in [-0.25, -0.2) is 4.79 Å². The van der Waals surface area contributed by atoms with Crippen LogP contribution in [0.1, 0.15) is 24.2 Å². The van der Waals surface area contributed by atoms with Crippen LogP contribution < -0.4 is 4.74 Å². The largest absolute Gasteiger partial charge is 0.492 e. The van der Waals surface area contributed by atoms with E-state index in [1.807, 2.05) is 13.8 Å². The van der Waals surface area contributed by atoms with Gasteiger partial charge < -0.3 is 9.84 Å². The Bertz CT molecular complexity index is 404. The highest BCUT2D eigenvalue weighted by Gasteiger charge is 2.17. The number of carbonyl (C=O) groups is 1. The molecule has 3 nitrogen and oxygen atoms in total. The normalized spacial score (nSPS) is 10.6. The molecule has 0 saturated carbocycles. The van der Waals surface area contributed by atoms with Gasteiger partial charge in [0.1, 0.15) is 11.3 Å². The molecule has 1 aromatic carbocycles. The van der Waals surface area contributed by atoms with Crippen LogP contribution in [-0.2, 0) is 0 Å². The Morgan fingerprint density at radius 1 is 1.56 bits per heavy atom. The lowest BCUT2D eigenvalue weighted by Crippen LogP contribution is -2.09. The van der Waals surface area contributed by atoms with Crippen molar-refractivity contribution in [3.8, 4) is 5.75 Å². The Kier molecular flexibility index (Phi) is 4.62. The third-order valence-corrected chi connectivity index (χ3v) is 2.56. The fourth-order valence-corrected chi connectivity index (χ4v) is 1.99. The molecule has 16 heavy (non-hydrogen) atoms. The van der Waals surface area contributed by atoms with Crippen LogP contribution in [0.3, 0.4) is 0 Å². The van der Waals surface area contributed by atoms with Gasteiger partial charge >= 0.3 is 5.97 Å². The van der Waals surface area contributed by atoms with Crippen molar-refractivity contribution in [3.63, 3.8) is 0 Å². The molecule has 1 rings (SSSR count). The van der Waals surface area contributed by atoms with Crippen LogP contribution in [0.5, 0.6) is 5.75 Å². The molecule has 0 radical (unpaired) electrons. The fraction of sp³-hybridized carbons (Fsp3) is 0.364. The highest BCUT2D eigenvalue weighted by molar-refractivity contribution is 9.10. The molecule has 0 heterocycles. The summed E-state index contributed by atoms with van der Waals surface area (Å²) in [5, 5.41) is 9.19. The summed E-state index contributed by atoms with van der Waals surface area (Å²) in [5.74, 6) is -0.476. The Hall–Kier alpha value is -0.740. The number of aromatic carboxylic acids is 1. The average molecular weight is 308 g/mol. The van der Waals surface area contributed by atoms with Gasteiger partial charge in [0.15, 0.2) is 0 Å². The van der Waals surface area contributed by atoms with Gasteiger partial charge in [0.05, 0.1) is 11.6 Å². The van der Waals surface area contributed by atoms with Crippen molar-refractivity contribution >= 4 is 33.5 Å². The zero-order valence-electron chi connectivity index (χ0n) is 8.96. The Morgan fingerprint density at radius 2 is 2.19 bits per heavy atom. The summed E-state index contributed by atoms with van der Waals surface area (Å²) in [7, 11) is 0. The van der Waals surface area contributed by atoms with Crippen molar-refractivity contribution < 1.29 is 14.6 Å². The van der Waals surface area contributed by atoms with E-state index in [4.69, 9.17) is 21.4 Å². The number of halogens is 2. The molecule has 1 N–H and O–H groups in total. The van der Waals surface area contributed by atoms with E-state index < -0.39 is 5.97 Å². The first-order chi connectivity index (χ1) is 7.41. The van der Waals surface area contributed by atoms with Gasteiger partial charge in [0.2, 0.25) is 0 Å². The zero-order chi connectivity index (χ0) is 12.3. The molecule has 0 bridgehead atoms. The predicted octanol–water partition coefficient (Wildman–Crippen LogP) is 3.84. The van der Waals surface area contributed by atoms with E-state index in [1.54, 1.807) is 6.07 Å². The van der Waals surface area contributed by atoms with Crippen LogP contribution in [0.2, 0.25) is 5.02 Å². The van der Waals surface area contributed by atoms with Crippen LogP contribution in [0, 0.1) is 5.92 Å². The van der Waals surface area contributed by atoms with Gasteiger partial charge in [-0.1, -0.05) is 41.4 Å². The molecule has 0 saturated heterocycles. The SMILES string of the molecule is CC(C)COc1cc(Br)cc(Cl)c1C(=O)O. The summed E-state index contributed by atoms with van der Waals surface area (Å²) < 4.78 is 6.12. The predicted molar refractivity (Wildman–Crippen MR) is 66.4 cm³/mol. The lowest BCUT2D eigenvalue weighted by atomic mass is 10.2. The lowest BCUT2D eigenvalue weighted by molar-refractivity contribution is 0.0691. The smallest absolute Gasteiger partial charge is 0.341 e. The minimum Gasteiger partial charge on any atom is -0.492 e. The van der Waals surface area contributed by atoms with Crippen LogP contribution in [-0.4, -0.2) is 17.7 Å². The lowest BCUT2D eigenvalue weighted by Gasteiger charge is -2.12. The van der Waals surface area contributed by atoms with Crippen molar-refractivity contribution in [1.82, 2.24) is 0 Å². The van der Waals surface area contributed by atoms with E-state index in [2.05, 4.69) is 15.9 Å². The summed E-state index contributed by atoms with van der Waals surface area (Å²) >= 11 is 9.10. The number of hydrogen-bond donors (Lipinski definition) is 1. The number of carboxylic acid groups (broad SMARTS) is 1. The van der Waals surface area contributed by atoms with Crippen molar-refractivity contribution in [3.05, 3.63) is 27.2 Å². The number of carboxylic acids is 1. The summed E-state index contributed by atoms with van der Waals surface area (Å²) in [6, 6.07) is 3.14. The molecule has 0 spiro atoms. The molecule has 88 valence electrons. The third-order valence-electron chi connectivity index (χ3n) is 1.80. The molecule has 0 atom stereocenters. The van der Waals surface area contributed by atoms with Crippen LogP contribution in [0.25, 0.3) is 0 Å². The van der Waals surface area contributed by atoms with Crippen molar-refractivity contribution in [2.45, 2.75) is 13.8 Å². The zero-order valence-corrected chi connectivity index (χ0v) is 11.3. The van der Waals surface area contributed by atoms with Gasteiger partial charge in [-0.3, -0.25) is 0 Å². The number of rotatable bonds is 4. The van der Waals surface area contributed by atoms with E-state index in [9.17, 15) is 4.79 Å². The fourth-order valence-electron chi connectivity index (χ4n) is 1.13. The molecule has 0 unspecified atom stereocenters. The molecule has 0 aromatic heterocycles. The molecule has 1 aromatic rings. The van der Waals surface area contributed by atoms with Gasteiger partial charge in [-0.2, -0.15) is 0 Å². The van der Waals surface area contributed by atoms with Crippen LogP contribution in [0.4, 0.5) is 0 Å². The Labute approximate surface area is 107 Å². The van der Waals surface area contributed by atoms with Gasteiger partial charge in [0.25, 0.3) is 0 Å². The molecular formula is C11H12BrClO3. The van der Waals surface area contributed by atoms with Gasteiger partial charge in [-0.15, -0.1) is 0 Å². The quantitative estimate of drug-likeness (QED) is 0.919. The number of hydrogen-bond acceptors (Lipinski definition) is 2. The van der Waals surface area contributed by atoms with Crippen molar-refractivity contribution in [2.75, 3.05) is 6.61 Å². The van der Waals surface area contributed by atoms with E-state index >= 15 is 0 Å². The Balaban J connectivity index is 3.09. The van der Waals surface area contributed by atoms with Gasteiger partial charge in [-0.05, 0) is 18.1 Å². The number of ether oxygens (including phenoxy) is 1. The van der Waals surface area contributed by atoms with Crippen molar-refractivity contribution in [2.24, 2.45) is 5.92 Å². The molecule has 5 heteroatoms.